The number of carbonyl (C=O) groups is 2. The standard InChI is InChI=1S/C12H15Cl2N3O3/c1-16-11(18)20-12(19)17-6-8(15)4-7-2-3-9(13)10(14)5-7/h2-3,5,8H,4,6,15H2,1H3,(H,16,18)(H,17,19)/t8-/m1/s1. The monoisotopic (exact) mass is 319 g/mol. The fourth-order valence-corrected chi connectivity index (χ4v) is 1.75. The number of ether oxygens (including phenoxy) is 1. The molecule has 1 aromatic rings. The van der Waals surface area contributed by atoms with Crippen LogP contribution in [-0.4, -0.2) is 31.8 Å². The second kappa shape index (κ2) is 7.94. The average molecular weight is 320 g/mol. The van der Waals surface area contributed by atoms with E-state index in [0.717, 1.165) is 5.56 Å². The van der Waals surface area contributed by atoms with Gasteiger partial charge >= 0.3 is 12.2 Å². The molecule has 8 heteroatoms. The summed E-state index contributed by atoms with van der Waals surface area (Å²) >= 11 is 11.7. The van der Waals surface area contributed by atoms with E-state index in [4.69, 9.17) is 28.9 Å². The fraction of sp³-hybridized carbons (Fsp3) is 0.333. The Morgan fingerprint density at radius 3 is 2.60 bits per heavy atom. The molecule has 20 heavy (non-hydrogen) atoms. The highest BCUT2D eigenvalue weighted by Gasteiger charge is 2.11. The van der Waals surface area contributed by atoms with Crippen LogP contribution in [0.3, 0.4) is 0 Å². The second-order valence-electron chi connectivity index (χ2n) is 4.02. The van der Waals surface area contributed by atoms with Gasteiger partial charge in [-0.15, -0.1) is 0 Å². The van der Waals surface area contributed by atoms with Crippen molar-refractivity contribution in [2.24, 2.45) is 5.73 Å². The van der Waals surface area contributed by atoms with Gasteiger partial charge in [-0.25, -0.2) is 9.59 Å². The summed E-state index contributed by atoms with van der Waals surface area (Å²) < 4.78 is 4.34. The minimum absolute atomic E-state index is 0.163. The van der Waals surface area contributed by atoms with E-state index in [9.17, 15) is 9.59 Å². The zero-order chi connectivity index (χ0) is 15.1. The van der Waals surface area contributed by atoms with E-state index in [2.05, 4.69) is 15.4 Å². The molecule has 0 aliphatic rings. The molecule has 1 aromatic carbocycles. The lowest BCUT2D eigenvalue weighted by atomic mass is 10.1. The van der Waals surface area contributed by atoms with Gasteiger partial charge < -0.3 is 21.1 Å². The quantitative estimate of drug-likeness (QED) is 0.739. The molecule has 4 N–H and O–H groups in total. The number of halogens is 2. The lowest BCUT2D eigenvalue weighted by Gasteiger charge is -2.13. The van der Waals surface area contributed by atoms with Crippen LogP contribution < -0.4 is 16.4 Å². The molecule has 0 aromatic heterocycles. The summed E-state index contributed by atoms with van der Waals surface area (Å²) in [5, 5.41) is 5.46. The summed E-state index contributed by atoms with van der Waals surface area (Å²) in [6.07, 6.45) is -1.19. The highest BCUT2D eigenvalue weighted by atomic mass is 35.5. The van der Waals surface area contributed by atoms with E-state index >= 15 is 0 Å². The SMILES string of the molecule is CNC(=O)OC(=O)NC[C@H](N)Cc1ccc(Cl)c(Cl)c1. The number of nitrogens with one attached hydrogen (secondary N) is 2. The Hall–Kier alpha value is -1.50. The summed E-state index contributed by atoms with van der Waals surface area (Å²) in [4.78, 5) is 22.0. The van der Waals surface area contributed by atoms with Gasteiger partial charge in [-0.2, -0.15) is 0 Å². The Labute approximate surface area is 126 Å². The maximum absolute atomic E-state index is 11.2. The van der Waals surface area contributed by atoms with E-state index < -0.39 is 12.2 Å². The maximum Gasteiger partial charge on any atom is 0.416 e. The minimum atomic E-state index is -0.853. The Kier molecular flexibility index (Phi) is 6.57. The van der Waals surface area contributed by atoms with Crippen molar-refractivity contribution >= 4 is 35.4 Å². The summed E-state index contributed by atoms with van der Waals surface area (Å²) in [5.41, 5.74) is 6.76. The van der Waals surface area contributed by atoms with Crippen molar-refractivity contribution in [3.63, 3.8) is 0 Å². The first-order chi connectivity index (χ1) is 9.42. The number of amides is 2. The smallest absolute Gasteiger partial charge is 0.359 e. The molecule has 0 spiro atoms. The maximum atomic E-state index is 11.2. The van der Waals surface area contributed by atoms with Gasteiger partial charge in [0.25, 0.3) is 0 Å². The lowest BCUT2D eigenvalue weighted by molar-refractivity contribution is 0.151. The summed E-state index contributed by atoms with van der Waals surface area (Å²) in [6, 6.07) is 4.85. The topological polar surface area (TPSA) is 93.4 Å². The van der Waals surface area contributed by atoms with Crippen molar-refractivity contribution in [3.8, 4) is 0 Å². The van der Waals surface area contributed by atoms with Crippen LogP contribution in [0.5, 0.6) is 0 Å². The van der Waals surface area contributed by atoms with Crippen LogP contribution in [0.15, 0.2) is 18.2 Å². The zero-order valence-corrected chi connectivity index (χ0v) is 12.3. The number of carbonyl (C=O) groups excluding carboxylic acids is 2. The predicted octanol–water partition coefficient (Wildman–Crippen LogP) is 1.93. The number of rotatable bonds is 4. The molecule has 1 atom stereocenters. The highest BCUT2D eigenvalue weighted by molar-refractivity contribution is 6.42. The average Bonchev–Trinajstić information content (AvgIpc) is 2.40. The zero-order valence-electron chi connectivity index (χ0n) is 10.8. The van der Waals surface area contributed by atoms with Crippen LogP contribution in [-0.2, 0) is 11.2 Å². The van der Waals surface area contributed by atoms with Crippen LogP contribution in [0.1, 0.15) is 5.56 Å². The molecule has 2 amide bonds. The molecule has 0 bridgehead atoms. The van der Waals surface area contributed by atoms with Crippen molar-refractivity contribution in [1.29, 1.82) is 0 Å². The first kappa shape index (κ1) is 16.6. The number of benzene rings is 1. The van der Waals surface area contributed by atoms with E-state index in [1.165, 1.54) is 7.05 Å². The Morgan fingerprint density at radius 2 is 2.00 bits per heavy atom. The summed E-state index contributed by atoms with van der Waals surface area (Å²) in [5.74, 6) is 0. The first-order valence-electron chi connectivity index (χ1n) is 5.79. The summed E-state index contributed by atoms with van der Waals surface area (Å²) in [6.45, 7) is 0.163. The van der Waals surface area contributed by atoms with Crippen molar-refractivity contribution in [1.82, 2.24) is 10.6 Å². The van der Waals surface area contributed by atoms with Gasteiger partial charge in [0, 0.05) is 19.6 Å². The third-order valence-electron chi connectivity index (χ3n) is 2.38. The lowest BCUT2D eigenvalue weighted by Crippen LogP contribution is -2.40. The summed E-state index contributed by atoms with van der Waals surface area (Å²) in [7, 11) is 1.35. The number of hydrogen-bond acceptors (Lipinski definition) is 4. The van der Waals surface area contributed by atoms with E-state index in [1.54, 1.807) is 18.2 Å². The Morgan fingerprint density at radius 1 is 1.30 bits per heavy atom. The van der Waals surface area contributed by atoms with Gasteiger partial charge in [0.05, 0.1) is 10.0 Å². The molecule has 1 rings (SSSR count). The molecule has 0 unspecified atom stereocenters. The minimum Gasteiger partial charge on any atom is -0.359 e. The number of nitrogens with two attached hydrogens (primary N) is 1. The number of alkyl carbamates (subject to hydrolysis) is 2. The third kappa shape index (κ3) is 5.64. The molecule has 110 valence electrons. The molecule has 0 aliphatic heterocycles. The molecule has 0 saturated heterocycles. The third-order valence-corrected chi connectivity index (χ3v) is 3.12. The molecular formula is C12H15Cl2N3O3. The first-order valence-corrected chi connectivity index (χ1v) is 6.55. The molecular weight excluding hydrogens is 305 g/mol. The molecule has 6 nitrogen and oxygen atoms in total. The molecule has 0 aliphatic carbocycles. The van der Waals surface area contributed by atoms with E-state index in [-0.39, 0.29) is 12.6 Å². The van der Waals surface area contributed by atoms with Gasteiger partial charge in [-0.3, -0.25) is 0 Å². The highest BCUT2D eigenvalue weighted by Crippen LogP contribution is 2.22. The Balaban J connectivity index is 2.39. The van der Waals surface area contributed by atoms with Gasteiger partial charge in [0.2, 0.25) is 0 Å². The van der Waals surface area contributed by atoms with Crippen molar-refractivity contribution in [2.45, 2.75) is 12.5 Å². The largest absolute Gasteiger partial charge is 0.416 e. The van der Waals surface area contributed by atoms with Crippen LogP contribution in [0, 0.1) is 0 Å². The van der Waals surface area contributed by atoms with E-state index in [0.29, 0.717) is 16.5 Å². The number of hydrogen-bond donors (Lipinski definition) is 3. The van der Waals surface area contributed by atoms with Crippen molar-refractivity contribution in [2.75, 3.05) is 13.6 Å². The van der Waals surface area contributed by atoms with Crippen molar-refractivity contribution in [3.05, 3.63) is 33.8 Å². The van der Waals surface area contributed by atoms with E-state index in [1.807, 2.05) is 0 Å². The van der Waals surface area contributed by atoms with Crippen LogP contribution in [0.4, 0.5) is 9.59 Å². The molecule has 0 radical (unpaired) electrons. The van der Waals surface area contributed by atoms with Crippen LogP contribution in [0.25, 0.3) is 0 Å². The molecule has 0 heterocycles. The van der Waals surface area contributed by atoms with Gasteiger partial charge in [0.15, 0.2) is 0 Å². The molecule has 0 fully saturated rings. The van der Waals surface area contributed by atoms with Gasteiger partial charge in [-0.05, 0) is 24.1 Å². The van der Waals surface area contributed by atoms with Crippen LogP contribution in [0.2, 0.25) is 10.0 Å². The second-order valence-corrected chi connectivity index (χ2v) is 4.83. The van der Waals surface area contributed by atoms with Crippen LogP contribution >= 0.6 is 23.2 Å². The van der Waals surface area contributed by atoms with Gasteiger partial charge in [0.1, 0.15) is 0 Å². The normalized spacial score (nSPS) is 11.6. The predicted molar refractivity (Wildman–Crippen MR) is 77.1 cm³/mol. The molecule has 0 saturated carbocycles. The fourth-order valence-electron chi connectivity index (χ4n) is 1.43. The Bertz CT molecular complexity index is 497. The van der Waals surface area contributed by atoms with Gasteiger partial charge in [-0.1, -0.05) is 29.3 Å². The van der Waals surface area contributed by atoms with Crippen molar-refractivity contribution < 1.29 is 14.3 Å².